The lowest BCUT2D eigenvalue weighted by atomic mass is 9.96. The molecule has 4 heteroatoms. The Balaban J connectivity index is 2.46. The quantitative estimate of drug-likeness (QED) is 0.765. The summed E-state index contributed by atoms with van der Waals surface area (Å²) in [6.45, 7) is 6.32. The highest BCUT2D eigenvalue weighted by molar-refractivity contribution is 5.58. The van der Waals surface area contributed by atoms with E-state index in [4.69, 9.17) is 5.73 Å². The molecule has 0 amide bonds. The molecule has 0 unspecified atom stereocenters. The predicted octanol–water partition coefficient (Wildman–Crippen LogP) is 2.36. The zero-order chi connectivity index (χ0) is 12.6. The summed E-state index contributed by atoms with van der Waals surface area (Å²) in [5.74, 6) is 1.72. The Hall–Kier alpha value is -1.84. The number of benzene rings is 1. The summed E-state index contributed by atoms with van der Waals surface area (Å²) in [5.41, 5.74) is 7.43. The molecular weight excluding hydrogens is 212 g/mol. The van der Waals surface area contributed by atoms with Gasteiger partial charge in [-0.2, -0.15) is 5.10 Å². The molecular formula is C13H18N4. The van der Waals surface area contributed by atoms with Crippen molar-refractivity contribution in [3.8, 4) is 11.4 Å². The van der Waals surface area contributed by atoms with Gasteiger partial charge in [0.25, 0.3) is 0 Å². The van der Waals surface area contributed by atoms with Crippen molar-refractivity contribution in [1.82, 2.24) is 14.8 Å². The van der Waals surface area contributed by atoms with Crippen molar-refractivity contribution >= 4 is 5.69 Å². The molecule has 0 aliphatic rings. The van der Waals surface area contributed by atoms with Gasteiger partial charge in [0, 0.05) is 23.7 Å². The van der Waals surface area contributed by atoms with Crippen LogP contribution in [0.1, 0.15) is 26.6 Å². The van der Waals surface area contributed by atoms with E-state index >= 15 is 0 Å². The molecule has 1 aromatic carbocycles. The second kappa shape index (κ2) is 3.87. The van der Waals surface area contributed by atoms with Crippen molar-refractivity contribution in [2.24, 2.45) is 7.05 Å². The van der Waals surface area contributed by atoms with Crippen molar-refractivity contribution in [1.29, 1.82) is 0 Å². The molecule has 0 aliphatic carbocycles. The second-order valence-corrected chi connectivity index (χ2v) is 5.25. The minimum absolute atomic E-state index is 0.0379. The lowest BCUT2D eigenvalue weighted by molar-refractivity contribution is 0.538. The number of hydrogen-bond acceptors (Lipinski definition) is 3. The predicted molar refractivity (Wildman–Crippen MR) is 69.6 cm³/mol. The fourth-order valence-electron chi connectivity index (χ4n) is 1.59. The summed E-state index contributed by atoms with van der Waals surface area (Å²) in [7, 11) is 1.91. The fraction of sp³-hybridized carbons (Fsp3) is 0.385. The molecule has 0 saturated carbocycles. The van der Waals surface area contributed by atoms with E-state index in [9.17, 15) is 0 Å². The highest BCUT2D eigenvalue weighted by atomic mass is 15.3. The standard InChI is InChI=1S/C13H18N4/c1-13(2,3)12-15-11(17(4)16-12)9-5-7-10(14)8-6-9/h5-8H,14H2,1-4H3. The summed E-state index contributed by atoms with van der Waals surface area (Å²) in [5, 5.41) is 4.46. The Morgan fingerprint density at radius 3 is 2.18 bits per heavy atom. The van der Waals surface area contributed by atoms with E-state index in [0.717, 1.165) is 22.9 Å². The average Bonchev–Trinajstić information content (AvgIpc) is 2.61. The molecule has 90 valence electrons. The van der Waals surface area contributed by atoms with E-state index in [0.29, 0.717) is 0 Å². The molecule has 0 fully saturated rings. The van der Waals surface area contributed by atoms with Gasteiger partial charge in [0.05, 0.1) is 0 Å². The van der Waals surface area contributed by atoms with Gasteiger partial charge in [-0.25, -0.2) is 9.67 Å². The number of rotatable bonds is 1. The summed E-state index contributed by atoms with van der Waals surface area (Å²) in [4.78, 5) is 4.59. The van der Waals surface area contributed by atoms with E-state index < -0.39 is 0 Å². The molecule has 2 rings (SSSR count). The van der Waals surface area contributed by atoms with Crippen molar-refractivity contribution in [2.45, 2.75) is 26.2 Å². The first-order valence-corrected chi connectivity index (χ1v) is 5.65. The number of nitrogens with two attached hydrogens (primary N) is 1. The minimum atomic E-state index is -0.0379. The lowest BCUT2D eigenvalue weighted by Gasteiger charge is -2.11. The SMILES string of the molecule is Cn1nc(C(C)(C)C)nc1-c1ccc(N)cc1. The normalized spacial score (nSPS) is 11.8. The average molecular weight is 230 g/mol. The molecule has 0 saturated heterocycles. The number of nitrogen functional groups attached to an aromatic ring is 1. The third kappa shape index (κ3) is 2.30. The van der Waals surface area contributed by atoms with Gasteiger partial charge in [-0.05, 0) is 24.3 Å². The topological polar surface area (TPSA) is 56.7 Å². The van der Waals surface area contributed by atoms with E-state index in [1.54, 1.807) is 0 Å². The first-order chi connectivity index (χ1) is 7.88. The maximum absolute atomic E-state index is 5.67. The number of aromatic nitrogens is 3. The lowest BCUT2D eigenvalue weighted by Crippen LogP contribution is -2.13. The third-order valence-corrected chi connectivity index (χ3v) is 2.60. The summed E-state index contributed by atoms with van der Waals surface area (Å²) >= 11 is 0. The Morgan fingerprint density at radius 1 is 1.12 bits per heavy atom. The monoisotopic (exact) mass is 230 g/mol. The van der Waals surface area contributed by atoms with Crippen LogP contribution in [0.5, 0.6) is 0 Å². The number of aryl methyl sites for hydroxylation is 1. The molecule has 17 heavy (non-hydrogen) atoms. The first-order valence-electron chi connectivity index (χ1n) is 5.65. The minimum Gasteiger partial charge on any atom is -0.399 e. The maximum atomic E-state index is 5.67. The van der Waals surface area contributed by atoms with Gasteiger partial charge in [-0.1, -0.05) is 20.8 Å². The molecule has 4 nitrogen and oxygen atoms in total. The molecule has 1 heterocycles. The largest absolute Gasteiger partial charge is 0.399 e. The number of nitrogens with zero attached hydrogens (tertiary/aromatic N) is 3. The Labute approximate surface area is 101 Å². The van der Waals surface area contributed by atoms with Crippen molar-refractivity contribution < 1.29 is 0 Å². The number of hydrogen-bond donors (Lipinski definition) is 1. The molecule has 0 atom stereocenters. The van der Waals surface area contributed by atoms with Crippen LogP contribution in [0.4, 0.5) is 5.69 Å². The Kier molecular flexibility index (Phi) is 2.65. The molecule has 1 aromatic heterocycles. The first kappa shape index (κ1) is 11.6. The van der Waals surface area contributed by atoms with Crippen LogP contribution in [0.3, 0.4) is 0 Å². The van der Waals surface area contributed by atoms with Gasteiger partial charge < -0.3 is 5.73 Å². The Morgan fingerprint density at radius 2 is 1.71 bits per heavy atom. The molecule has 0 radical (unpaired) electrons. The van der Waals surface area contributed by atoms with Gasteiger partial charge in [-0.3, -0.25) is 0 Å². The van der Waals surface area contributed by atoms with Crippen LogP contribution in [0.15, 0.2) is 24.3 Å². The summed E-state index contributed by atoms with van der Waals surface area (Å²) in [6, 6.07) is 7.68. The van der Waals surface area contributed by atoms with Crippen LogP contribution >= 0.6 is 0 Å². The maximum Gasteiger partial charge on any atom is 0.158 e. The third-order valence-electron chi connectivity index (χ3n) is 2.60. The van der Waals surface area contributed by atoms with Crippen LogP contribution in [0.2, 0.25) is 0 Å². The highest BCUT2D eigenvalue weighted by Crippen LogP contribution is 2.23. The molecule has 0 aliphatic heterocycles. The zero-order valence-corrected chi connectivity index (χ0v) is 10.7. The molecule has 0 bridgehead atoms. The van der Waals surface area contributed by atoms with E-state index in [2.05, 4.69) is 30.9 Å². The highest BCUT2D eigenvalue weighted by Gasteiger charge is 2.21. The van der Waals surface area contributed by atoms with Gasteiger partial charge >= 0.3 is 0 Å². The molecule has 2 aromatic rings. The summed E-state index contributed by atoms with van der Waals surface area (Å²) < 4.78 is 1.81. The van der Waals surface area contributed by atoms with Crippen molar-refractivity contribution in [2.75, 3.05) is 5.73 Å². The van der Waals surface area contributed by atoms with Gasteiger partial charge in [0.1, 0.15) is 0 Å². The van der Waals surface area contributed by atoms with Crippen LogP contribution in [0, 0.1) is 0 Å². The van der Waals surface area contributed by atoms with Crippen LogP contribution in [-0.2, 0) is 12.5 Å². The van der Waals surface area contributed by atoms with Crippen LogP contribution in [-0.4, -0.2) is 14.8 Å². The van der Waals surface area contributed by atoms with E-state index in [-0.39, 0.29) is 5.41 Å². The van der Waals surface area contributed by atoms with Crippen molar-refractivity contribution in [3.63, 3.8) is 0 Å². The van der Waals surface area contributed by atoms with Gasteiger partial charge in [-0.15, -0.1) is 0 Å². The number of anilines is 1. The van der Waals surface area contributed by atoms with Gasteiger partial charge in [0.15, 0.2) is 11.6 Å². The zero-order valence-electron chi connectivity index (χ0n) is 10.7. The van der Waals surface area contributed by atoms with Crippen LogP contribution < -0.4 is 5.73 Å². The van der Waals surface area contributed by atoms with Crippen LogP contribution in [0.25, 0.3) is 11.4 Å². The second-order valence-electron chi connectivity index (χ2n) is 5.25. The Bertz CT molecular complexity index is 517. The fourth-order valence-corrected chi connectivity index (χ4v) is 1.59. The van der Waals surface area contributed by atoms with E-state index in [1.807, 2.05) is 36.0 Å². The molecule has 0 spiro atoms. The van der Waals surface area contributed by atoms with E-state index in [1.165, 1.54) is 0 Å². The summed E-state index contributed by atoms with van der Waals surface area (Å²) in [6.07, 6.45) is 0. The van der Waals surface area contributed by atoms with Crippen molar-refractivity contribution in [3.05, 3.63) is 30.1 Å². The smallest absolute Gasteiger partial charge is 0.158 e. The molecule has 2 N–H and O–H groups in total. The van der Waals surface area contributed by atoms with Gasteiger partial charge in [0.2, 0.25) is 0 Å².